The van der Waals surface area contributed by atoms with Crippen LogP contribution < -0.4 is 5.32 Å². The molecule has 8 heteroatoms. The number of rotatable bonds is 8. The standard InChI is InChI=1S/C31H39N5O3/c1-31(2,3)26-14-12-24(13-15-26)29-33-27(39-34-29)21-35-16-4-6-25(20-35)30(38)32-18-22-8-10-23(11-9-22)19-36-17-5-7-28(36)37/h8-15,25H,4-7,16-21H2,1-3H3,(H,32,38). The Bertz CT molecular complexity index is 1280. The van der Waals surface area contributed by atoms with Gasteiger partial charge >= 0.3 is 0 Å². The van der Waals surface area contributed by atoms with E-state index in [1.807, 2.05) is 41.3 Å². The maximum atomic E-state index is 13.0. The van der Waals surface area contributed by atoms with Crippen molar-refractivity contribution in [1.29, 1.82) is 0 Å². The molecule has 8 nitrogen and oxygen atoms in total. The van der Waals surface area contributed by atoms with Crippen molar-refractivity contribution in [1.82, 2.24) is 25.3 Å². The topological polar surface area (TPSA) is 91.6 Å². The van der Waals surface area contributed by atoms with Crippen molar-refractivity contribution in [2.24, 2.45) is 5.92 Å². The van der Waals surface area contributed by atoms with E-state index in [2.05, 4.69) is 53.3 Å². The molecule has 2 aliphatic rings. The van der Waals surface area contributed by atoms with Gasteiger partial charge in [0.1, 0.15) is 0 Å². The van der Waals surface area contributed by atoms with Crippen molar-refractivity contribution in [2.45, 2.75) is 71.5 Å². The third kappa shape index (κ3) is 6.92. The van der Waals surface area contributed by atoms with Crippen LogP contribution >= 0.6 is 0 Å². The number of nitrogens with one attached hydrogen (secondary N) is 1. The van der Waals surface area contributed by atoms with Crippen LogP contribution in [0.1, 0.15) is 69.0 Å². The second kappa shape index (κ2) is 11.7. The van der Waals surface area contributed by atoms with Crippen molar-refractivity contribution in [2.75, 3.05) is 19.6 Å². The van der Waals surface area contributed by atoms with Crippen molar-refractivity contribution in [3.63, 3.8) is 0 Å². The number of hydrogen-bond acceptors (Lipinski definition) is 6. The Kier molecular flexibility index (Phi) is 8.12. The molecule has 3 heterocycles. The van der Waals surface area contributed by atoms with Gasteiger partial charge in [0.05, 0.1) is 12.5 Å². The molecule has 0 spiro atoms. The van der Waals surface area contributed by atoms with E-state index < -0.39 is 0 Å². The van der Waals surface area contributed by atoms with Gasteiger partial charge in [-0.15, -0.1) is 0 Å². The molecular weight excluding hydrogens is 490 g/mol. The third-order valence-electron chi connectivity index (χ3n) is 7.75. The molecule has 206 valence electrons. The molecule has 2 saturated heterocycles. The summed E-state index contributed by atoms with van der Waals surface area (Å²) in [5.74, 6) is 1.41. The van der Waals surface area contributed by atoms with E-state index in [4.69, 9.17) is 4.52 Å². The molecule has 0 radical (unpaired) electrons. The number of hydrogen-bond donors (Lipinski definition) is 1. The molecule has 0 saturated carbocycles. The fourth-order valence-corrected chi connectivity index (χ4v) is 5.35. The molecule has 2 aromatic carbocycles. The summed E-state index contributed by atoms with van der Waals surface area (Å²) in [4.78, 5) is 33.6. The normalized spacial score (nSPS) is 18.5. The highest BCUT2D eigenvalue weighted by Crippen LogP contribution is 2.25. The Labute approximate surface area is 230 Å². The van der Waals surface area contributed by atoms with E-state index in [9.17, 15) is 9.59 Å². The summed E-state index contributed by atoms with van der Waals surface area (Å²) >= 11 is 0. The average Bonchev–Trinajstić information content (AvgIpc) is 3.56. The lowest BCUT2D eigenvalue weighted by atomic mass is 9.87. The summed E-state index contributed by atoms with van der Waals surface area (Å²) in [6.07, 6.45) is 3.44. The molecule has 0 bridgehead atoms. The molecular formula is C31H39N5O3. The van der Waals surface area contributed by atoms with Gasteiger partial charge in [0.2, 0.25) is 23.5 Å². The van der Waals surface area contributed by atoms with E-state index in [-0.39, 0.29) is 23.1 Å². The molecule has 0 aliphatic carbocycles. The molecule has 2 fully saturated rings. The highest BCUT2D eigenvalue weighted by atomic mass is 16.5. The summed E-state index contributed by atoms with van der Waals surface area (Å²) in [5, 5.41) is 7.30. The van der Waals surface area contributed by atoms with Crippen LogP contribution in [-0.2, 0) is 34.6 Å². The number of piperidine rings is 1. The molecule has 2 amide bonds. The van der Waals surface area contributed by atoms with Crippen molar-refractivity contribution >= 4 is 11.8 Å². The van der Waals surface area contributed by atoms with Crippen molar-refractivity contribution in [3.05, 3.63) is 71.1 Å². The van der Waals surface area contributed by atoms with Gasteiger partial charge < -0.3 is 14.7 Å². The van der Waals surface area contributed by atoms with Crippen molar-refractivity contribution in [3.8, 4) is 11.4 Å². The van der Waals surface area contributed by atoms with Crippen LogP contribution in [0.25, 0.3) is 11.4 Å². The van der Waals surface area contributed by atoms with Gasteiger partial charge in [-0.3, -0.25) is 14.5 Å². The molecule has 3 aromatic rings. The van der Waals surface area contributed by atoms with Gasteiger partial charge in [-0.25, -0.2) is 0 Å². The predicted molar refractivity (Wildman–Crippen MR) is 149 cm³/mol. The third-order valence-corrected chi connectivity index (χ3v) is 7.75. The second-order valence-electron chi connectivity index (χ2n) is 11.9. The molecule has 1 unspecified atom stereocenters. The van der Waals surface area contributed by atoms with Gasteiger partial charge in [-0.1, -0.05) is 74.5 Å². The number of carbonyl (C=O) groups excluding carboxylic acids is 2. The van der Waals surface area contributed by atoms with Crippen LogP contribution in [0.3, 0.4) is 0 Å². The summed E-state index contributed by atoms with van der Waals surface area (Å²) in [6.45, 7) is 10.7. The maximum Gasteiger partial charge on any atom is 0.241 e. The van der Waals surface area contributed by atoms with E-state index in [1.54, 1.807) is 0 Å². The molecule has 39 heavy (non-hydrogen) atoms. The van der Waals surface area contributed by atoms with Crippen LogP contribution in [0.2, 0.25) is 0 Å². The number of benzene rings is 2. The first-order valence-corrected chi connectivity index (χ1v) is 14.0. The van der Waals surface area contributed by atoms with Crippen LogP contribution in [0, 0.1) is 5.92 Å². The maximum absolute atomic E-state index is 13.0. The predicted octanol–water partition coefficient (Wildman–Crippen LogP) is 4.68. The fraction of sp³-hybridized carbons (Fsp3) is 0.484. The first-order chi connectivity index (χ1) is 18.7. The molecule has 1 aromatic heterocycles. The average molecular weight is 530 g/mol. The zero-order valence-corrected chi connectivity index (χ0v) is 23.3. The minimum atomic E-state index is -0.0634. The number of amides is 2. The van der Waals surface area contributed by atoms with Crippen LogP contribution in [0.5, 0.6) is 0 Å². The Morgan fingerprint density at radius 1 is 1.00 bits per heavy atom. The van der Waals surface area contributed by atoms with Crippen molar-refractivity contribution < 1.29 is 14.1 Å². The lowest BCUT2D eigenvalue weighted by molar-refractivity contribution is -0.128. The van der Waals surface area contributed by atoms with E-state index in [0.29, 0.717) is 44.3 Å². The van der Waals surface area contributed by atoms with E-state index in [1.165, 1.54) is 5.56 Å². The van der Waals surface area contributed by atoms with Crippen LogP contribution in [0.15, 0.2) is 53.1 Å². The first-order valence-electron chi connectivity index (χ1n) is 14.0. The van der Waals surface area contributed by atoms with Gasteiger partial charge in [0.15, 0.2) is 0 Å². The van der Waals surface area contributed by atoms with Gasteiger partial charge in [0, 0.05) is 38.2 Å². The first kappa shape index (κ1) is 27.1. The van der Waals surface area contributed by atoms with Gasteiger partial charge in [-0.2, -0.15) is 4.98 Å². The Balaban J connectivity index is 1.10. The number of likely N-dealkylation sites (tertiary alicyclic amines) is 2. The van der Waals surface area contributed by atoms with E-state index in [0.717, 1.165) is 49.0 Å². The quantitative estimate of drug-likeness (QED) is 0.455. The summed E-state index contributed by atoms with van der Waals surface area (Å²) in [7, 11) is 0. The SMILES string of the molecule is CC(C)(C)c1ccc(-c2noc(CN3CCCC(C(=O)NCc4ccc(CN5CCCC5=O)cc4)C3)n2)cc1. The largest absolute Gasteiger partial charge is 0.352 e. The van der Waals surface area contributed by atoms with Gasteiger partial charge in [0.25, 0.3) is 0 Å². The second-order valence-corrected chi connectivity index (χ2v) is 11.9. The zero-order chi connectivity index (χ0) is 27.4. The lowest BCUT2D eigenvalue weighted by Crippen LogP contribution is -2.42. The minimum Gasteiger partial charge on any atom is -0.352 e. The number of carbonyl (C=O) groups is 2. The Morgan fingerprint density at radius 2 is 1.74 bits per heavy atom. The lowest BCUT2D eigenvalue weighted by Gasteiger charge is -2.30. The smallest absolute Gasteiger partial charge is 0.241 e. The number of nitrogens with zero attached hydrogens (tertiary/aromatic N) is 4. The zero-order valence-electron chi connectivity index (χ0n) is 23.3. The summed E-state index contributed by atoms with van der Waals surface area (Å²) in [5.41, 5.74) is 4.47. The summed E-state index contributed by atoms with van der Waals surface area (Å²) < 4.78 is 5.55. The molecule has 2 aliphatic heterocycles. The molecule has 1 N–H and O–H groups in total. The molecule has 1 atom stereocenters. The minimum absolute atomic E-state index is 0.0634. The monoisotopic (exact) mass is 529 g/mol. The highest BCUT2D eigenvalue weighted by Gasteiger charge is 2.27. The fourth-order valence-electron chi connectivity index (χ4n) is 5.35. The Morgan fingerprint density at radius 3 is 2.44 bits per heavy atom. The molecule has 5 rings (SSSR count). The number of aromatic nitrogens is 2. The summed E-state index contributed by atoms with van der Waals surface area (Å²) in [6, 6.07) is 16.5. The Hall–Kier alpha value is -3.52. The van der Waals surface area contributed by atoms with Gasteiger partial charge in [-0.05, 0) is 47.9 Å². The van der Waals surface area contributed by atoms with E-state index >= 15 is 0 Å². The van der Waals surface area contributed by atoms with Crippen LogP contribution in [-0.4, -0.2) is 51.4 Å². The highest BCUT2D eigenvalue weighted by molar-refractivity contribution is 5.79. The van der Waals surface area contributed by atoms with Crippen LogP contribution in [0.4, 0.5) is 0 Å².